The molecule has 248 valence electrons. The second-order valence-electron chi connectivity index (χ2n) is 11.2. The number of hydrogen-bond acceptors (Lipinski definition) is 10. The van der Waals surface area contributed by atoms with Crippen molar-refractivity contribution in [2.75, 3.05) is 64.2 Å². The van der Waals surface area contributed by atoms with E-state index < -0.39 is 5.92 Å². The molecule has 2 fully saturated rings. The normalized spacial score (nSPS) is 19.5. The molecule has 0 saturated carbocycles. The molecular weight excluding hydrogens is 643 g/mol. The number of methoxy groups -OCH3 is 2. The number of benzene rings is 1. The van der Waals surface area contributed by atoms with Crippen LogP contribution in [-0.2, 0) is 9.53 Å². The van der Waals surface area contributed by atoms with Crippen LogP contribution in [-0.4, -0.2) is 97.4 Å². The predicted molar refractivity (Wildman–Crippen MR) is 175 cm³/mol. The highest BCUT2D eigenvalue weighted by Gasteiger charge is 2.37. The van der Waals surface area contributed by atoms with E-state index in [9.17, 15) is 13.6 Å². The monoisotopic (exact) mass is 679 g/mol. The molecule has 2 saturated heterocycles. The third-order valence-corrected chi connectivity index (χ3v) is 8.77. The van der Waals surface area contributed by atoms with E-state index in [0.29, 0.717) is 91.1 Å². The summed E-state index contributed by atoms with van der Waals surface area (Å²) in [5, 5.41) is 10.8. The zero-order valence-electron chi connectivity index (χ0n) is 25.7. The Morgan fingerprint density at radius 3 is 2.61 bits per heavy atom. The number of fused-ring (bicyclic) bond motifs is 1. The van der Waals surface area contributed by atoms with Crippen LogP contribution >= 0.6 is 23.2 Å². The largest absolute Gasteiger partial charge is 0.495 e. The molecule has 0 aliphatic carbocycles. The fourth-order valence-corrected chi connectivity index (χ4v) is 6.29. The Labute approximate surface area is 276 Å². The first kappa shape index (κ1) is 33.8. The van der Waals surface area contributed by atoms with Gasteiger partial charge in [-0.1, -0.05) is 29.8 Å². The van der Waals surface area contributed by atoms with Crippen LogP contribution in [0.2, 0.25) is 10.0 Å². The first-order valence-electron chi connectivity index (χ1n) is 15.0. The van der Waals surface area contributed by atoms with Gasteiger partial charge in [0.25, 0.3) is 5.92 Å². The molecule has 0 bridgehead atoms. The van der Waals surface area contributed by atoms with Gasteiger partial charge < -0.3 is 30.2 Å². The number of alkyl halides is 2. The number of pyridine rings is 1. The van der Waals surface area contributed by atoms with Crippen LogP contribution in [0, 0.1) is 0 Å². The van der Waals surface area contributed by atoms with Gasteiger partial charge in [0.2, 0.25) is 11.9 Å². The van der Waals surface area contributed by atoms with Crippen molar-refractivity contribution < 1.29 is 27.8 Å². The van der Waals surface area contributed by atoms with Gasteiger partial charge in [-0.15, -0.1) is 0 Å². The molecule has 3 aromatic rings. The number of amides is 1. The van der Waals surface area contributed by atoms with Crippen LogP contribution in [0.5, 0.6) is 11.5 Å². The van der Waals surface area contributed by atoms with E-state index in [4.69, 9.17) is 47.4 Å². The molecule has 0 unspecified atom stereocenters. The molecule has 2 aromatic heterocycles. The molecule has 4 heterocycles. The van der Waals surface area contributed by atoms with Crippen LogP contribution < -0.4 is 25.4 Å². The Hall–Kier alpha value is -3.52. The second kappa shape index (κ2) is 14.9. The second-order valence-corrected chi connectivity index (χ2v) is 12.0. The summed E-state index contributed by atoms with van der Waals surface area (Å²) in [4.78, 5) is 28.0. The lowest BCUT2D eigenvalue weighted by atomic mass is 10.0. The number of carbonyl (C=O) groups is 1. The van der Waals surface area contributed by atoms with Gasteiger partial charge in [-0.25, -0.2) is 23.7 Å². The molecule has 0 spiro atoms. The molecule has 2 aliphatic rings. The number of rotatable bonds is 13. The van der Waals surface area contributed by atoms with Crippen molar-refractivity contribution in [3.63, 3.8) is 0 Å². The third kappa shape index (κ3) is 7.88. The fourth-order valence-electron chi connectivity index (χ4n) is 5.60. The Bertz CT molecular complexity index is 1550. The van der Waals surface area contributed by atoms with Gasteiger partial charge >= 0.3 is 0 Å². The van der Waals surface area contributed by atoms with E-state index in [0.717, 1.165) is 6.42 Å². The molecule has 11 nitrogen and oxygen atoms in total. The number of likely N-dealkylation sites (tertiary alicyclic amines) is 1. The smallest absolute Gasteiger partial charge is 0.261 e. The highest BCUT2D eigenvalue weighted by Crippen LogP contribution is 2.46. The van der Waals surface area contributed by atoms with Crippen LogP contribution in [0.15, 0.2) is 31.0 Å². The Morgan fingerprint density at radius 2 is 1.93 bits per heavy atom. The highest BCUT2D eigenvalue weighted by molar-refractivity contribution is 6.41. The maximum absolute atomic E-state index is 13.6. The van der Waals surface area contributed by atoms with Crippen LogP contribution in [0.25, 0.3) is 22.2 Å². The SMILES string of the molecule is C=CC(=O)N[C@H]1CCOC[C@H]1Nc1ncc2cc(-c3c(Cl)c(OC)cc(OC)c3Cl)nc(NCCCCN3CCC(F)(F)C3)c2n1. The van der Waals surface area contributed by atoms with Crippen molar-refractivity contribution in [2.45, 2.75) is 43.7 Å². The van der Waals surface area contributed by atoms with Gasteiger partial charge in [-0.3, -0.25) is 9.69 Å². The van der Waals surface area contributed by atoms with Crippen molar-refractivity contribution in [1.82, 2.24) is 25.2 Å². The maximum Gasteiger partial charge on any atom is 0.261 e. The van der Waals surface area contributed by atoms with Crippen LogP contribution in [0.1, 0.15) is 25.7 Å². The van der Waals surface area contributed by atoms with Crippen molar-refractivity contribution in [3.05, 3.63) is 41.0 Å². The summed E-state index contributed by atoms with van der Waals surface area (Å²) in [6.07, 6.45) is 4.85. The predicted octanol–water partition coefficient (Wildman–Crippen LogP) is 5.42. The molecule has 1 aromatic carbocycles. The summed E-state index contributed by atoms with van der Waals surface area (Å²) in [6.45, 7) is 5.70. The van der Waals surface area contributed by atoms with Crippen LogP contribution in [0.3, 0.4) is 0 Å². The zero-order valence-corrected chi connectivity index (χ0v) is 27.2. The number of hydrogen-bond donors (Lipinski definition) is 3. The van der Waals surface area contributed by atoms with Crippen molar-refractivity contribution in [3.8, 4) is 22.8 Å². The average Bonchev–Trinajstić information content (AvgIpc) is 3.40. The van der Waals surface area contributed by atoms with E-state index in [1.165, 1.54) is 20.3 Å². The Morgan fingerprint density at radius 1 is 1.17 bits per heavy atom. The molecule has 3 N–H and O–H groups in total. The van der Waals surface area contributed by atoms with Crippen LogP contribution in [0.4, 0.5) is 20.5 Å². The molecule has 5 rings (SSSR count). The number of anilines is 2. The summed E-state index contributed by atoms with van der Waals surface area (Å²) in [7, 11) is 2.99. The summed E-state index contributed by atoms with van der Waals surface area (Å²) in [6, 6.07) is 2.89. The Balaban J connectivity index is 1.44. The van der Waals surface area contributed by atoms with Crippen molar-refractivity contribution in [2.24, 2.45) is 0 Å². The number of carbonyl (C=O) groups excluding carboxylic acids is 1. The van der Waals surface area contributed by atoms with E-state index in [1.54, 1.807) is 23.2 Å². The van der Waals surface area contributed by atoms with Crippen molar-refractivity contribution >= 4 is 51.8 Å². The van der Waals surface area contributed by atoms with Crippen molar-refractivity contribution in [1.29, 1.82) is 0 Å². The lowest BCUT2D eigenvalue weighted by Crippen LogP contribution is -2.52. The average molecular weight is 681 g/mol. The standard InChI is InChI=1S/C31H37Cl2F2N7O4/c1-4-24(43)38-19-7-12-46-16-21(19)40-30-37-15-18-13-20(25-26(32)22(44-2)14-23(45-3)27(25)33)39-29(28(18)41-30)36-9-5-6-10-42-11-8-31(34,35)17-42/h4,13-15,19,21H,1,5-12,16-17H2,2-3H3,(H,36,39)(H,38,43)(H,37,40,41)/t19-,21+/m0/s1. The quantitative estimate of drug-likeness (QED) is 0.159. The minimum atomic E-state index is -2.61. The van der Waals surface area contributed by atoms with Gasteiger partial charge in [-0.2, -0.15) is 0 Å². The van der Waals surface area contributed by atoms with Gasteiger partial charge in [0.1, 0.15) is 17.0 Å². The lowest BCUT2D eigenvalue weighted by molar-refractivity contribution is -0.117. The third-order valence-electron chi connectivity index (χ3n) is 8.02. The summed E-state index contributed by atoms with van der Waals surface area (Å²) < 4.78 is 43.8. The number of aromatic nitrogens is 3. The first-order valence-corrected chi connectivity index (χ1v) is 15.8. The molecule has 0 radical (unpaired) electrons. The van der Waals surface area contributed by atoms with Gasteiger partial charge in [0, 0.05) is 49.3 Å². The molecular formula is C31H37Cl2F2N7O4. The van der Waals surface area contributed by atoms with Gasteiger partial charge in [0.15, 0.2) is 5.82 Å². The lowest BCUT2D eigenvalue weighted by Gasteiger charge is -2.32. The minimum absolute atomic E-state index is 0.0987. The van der Waals surface area contributed by atoms with Gasteiger partial charge in [-0.05, 0) is 37.9 Å². The summed E-state index contributed by atoms with van der Waals surface area (Å²) in [5.74, 6) is -1.37. The molecule has 2 aliphatic heterocycles. The number of halogens is 4. The van der Waals surface area contributed by atoms with E-state index in [2.05, 4.69) is 27.5 Å². The molecule has 15 heteroatoms. The van der Waals surface area contributed by atoms with E-state index >= 15 is 0 Å². The summed E-state index contributed by atoms with van der Waals surface area (Å²) >= 11 is 13.5. The minimum Gasteiger partial charge on any atom is -0.495 e. The molecule has 46 heavy (non-hydrogen) atoms. The summed E-state index contributed by atoms with van der Waals surface area (Å²) in [5.41, 5.74) is 1.39. The van der Waals surface area contributed by atoms with E-state index in [1.807, 2.05) is 0 Å². The molecule has 1 amide bonds. The van der Waals surface area contributed by atoms with Gasteiger partial charge in [0.05, 0.1) is 55.2 Å². The first-order chi connectivity index (χ1) is 22.1. The number of ether oxygens (including phenoxy) is 3. The van der Waals surface area contributed by atoms with E-state index in [-0.39, 0.29) is 41.0 Å². The number of nitrogens with one attached hydrogen (secondary N) is 3. The topological polar surface area (TPSA) is 123 Å². The zero-order chi connectivity index (χ0) is 32.8. The number of nitrogens with zero attached hydrogens (tertiary/aromatic N) is 4. The fraction of sp³-hybridized carbons (Fsp3) is 0.484. The molecule has 2 atom stereocenters. The Kier molecular flexibility index (Phi) is 11.0. The highest BCUT2D eigenvalue weighted by atomic mass is 35.5. The maximum atomic E-state index is 13.6. The number of unbranched alkanes of at least 4 members (excludes halogenated alkanes) is 1.